The number of carbonyl (C=O) groups excluding carboxylic acids is 3. The molecule has 0 aliphatic carbocycles. The molecule has 0 saturated carbocycles. The Balaban J connectivity index is 1.58. The van der Waals surface area contributed by atoms with Gasteiger partial charge in [0.15, 0.2) is 5.78 Å². The number of nitrogens with zero attached hydrogens (tertiary/aromatic N) is 1. The van der Waals surface area contributed by atoms with E-state index in [4.69, 9.17) is 16.3 Å². The Morgan fingerprint density at radius 1 is 1.00 bits per heavy atom. The van der Waals surface area contributed by atoms with Gasteiger partial charge in [-0.1, -0.05) is 41.9 Å². The van der Waals surface area contributed by atoms with Crippen LogP contribution in [-0.4, -0.2) is 41.7 Å². The highest BCUT2D eigenvalue weighted by Gasteiger charge is 2.81. The highest BCUT2D eigenvalue weighted by Crippen LogP contribution is 2.68. The predicted octanol–water partition coefficient (Wildman–Crippen LogP) is 4.75. The van der Waals surface area contributed by atoms with Crippen LogP contribution in [0.4, 0.5) is 11.4 Å². The largest absolute Gasteiger partial charge is 0.493 e. The highest BCUT2D eigenvalue weighted by molar-refractivity contribution is 6.31. The quantitative estimate of drug-likeness (QED) is 0.478. The molecule has 2 amide bonds. The zero-order valence-electron chi connectivity index (χ0n) is 20.8. The monoisotopic (exact) mass is 527 g/mol. The molecule has 7 rings (SSSR count). The summed E-state index contributed by atoms with van der Waals surface area (Å²) >= 11 is 6.52. The Bertz CT molecular complexity index is 1540. The van der Waals surface area contributed by atoms with Gasteiger partial charge in [0.2, 0.25) is 5.91 Å². The maximum atomic E-state index is 14.8. The number of Topliss-reactive ketones (excluding diaryl/α,β-unsaturated/α-hetero) is 1. The molecule has 3 aromatic carbocycles. The van der Waals surface area contributed by atoms with Gasteiger partial charge in [-0.15, -0.1) is 0 Å². The van der Waals surface area contributed by atoms with Crippen molar-refractivity contribution < 1.29 is 19.1 Å². The summed E-state index contributed by atoms with van der Waals surface area (Å²) in [6.07, 6.45) is 1.50. The van der Waals surface area contributed by atoms with Gasteiger partial charge in [0.25, 0.3) is 5.91 Å². The van der Waals surface area contributed by atoms with E-state index >= 15 is 0 Å². The predicted molar refractivity (Wildman–Crippen MR) is 144 cm³/mol. The highest BCUT2D eigenvalue weighted by atomic mass is 35.5. The van der Waals surface area contributed by atoms with Crippen LogP contribution in [-0.2, 0) is 20.5 Å². The third-order valence-electron chi connectivity index (χ3n) is 8.79. The second-order valence-electron chi connectivity index (χ2n) is 10.3. The number of fused-ring (bicyclic) bond motifs is 7. The average molecular weight is 528 g/mol. The van der Waals surface area contributed by atoms with Gasteiger partial charge in [-0.25, -0.2) is 0 Å². The number of rotatable bonds is 4. The molecule has 0 unspecified atom stereocenters. The molecular weight excluding hydrogens is 502 g/mol. The van der Waals surface area contributed by atoms with Crippen LogP contribution in [0.25, 0.3) is 0 Å². The Morgan fingerprint density at radius 2 is 1.74 bits per heavy atom. The van der Waals surface area contributed by atoms with Crippen molar-refractivity contribution in [3.8, 4) is 5.75 Å². The van der Waals surface area contributed by atoms with Gasteiger partial charge in [-0.05, 0) is 68.3 Å². The van der Waals surface area contributed by atoms with E-state index in [-0.39, 0.29) is 23.6 Å². The Hall–Kier alpha value is -3.68. The Kier molecular flexibility index (Phi) is 5.03. The summed E-state index contributed by atoms with van der Waals surface area (Å²) in [7, 11) is 0. The first kappa shape index (κ1) is 23.4. The zero-order valence-corrected chi connectivity index (χ0v) is 21.5. The van der Waals surface area contributed by atoms with E-state index in [9.17, 15) is 14.4 Å². The SMILES string of the molecule is CCOc1ccccc1C(=O)[C@@H]1[C@H]2CCCN2[C@@]2(C(=O)Nc3ccc(Cl)cc32)[C@]12C(=O)Nc1ccccc12. The van der Waals surface area contributed by atoms with Crippen molar-refractivity contribution >= 4 is 40.6 Å². The summed E-state index contributed by atoms with van der Waals surface area (Å²) in [4.78, 5) is 45.8. The summed E-state index contributed by atoms with van der Waals surface area (Å²) in [5.41, 5.74) is 0.0137. The standard InChI is InChI=1S/C30H26ClN3O4/c1-2-38-24-12-6-3-8-18(24)26(35)25-23-11-7-15-34(23)30(20-16-17(31)13-14-22(20)33-28(30)37)29(25)19-9-4-5-10-21(19)32-27(29)36/h3-6,8-10,12-14,16,23,25H,2,7,11,15H2,1H3,(H,32,36)(H,33,37)/t23-,25+,29+,30+/m1/s1. The summed E-state index contributed by atoms with van der Waals surface area (Å²) in [6, 6.07) is 19.5. The minimum Gasteiger partial charge on any atom is -0.493 e. The van der Waals surface area contributed by atoms with Crippen molar-refractivity contribution in [1.82, 2.24) is 4.90 Å². The van der Waals surface area contributed by atoms with Gasteiger partial charge in [0.05, 0.1) is 18.1 Å². The van der Waals surface area contributed by atoms with Crippen LogP contribution in [0, 0.1) is 5.92 Å². The molecule has 4 heterocycles. The van der Waals surface area contributed by atoms with E-state index in [1.54, 1.807) is 36.4 Å². The molecule has 0 radical (unpaired) electrons. The number of amides is 2. The smallest absolute Gasteiger partial charge is 0.251 e. The van der Waals surface area contributed by atoms with E-state index in [1.165, 1.54) is 0 Å². The van der Waals surface area contributed by atoms with Crippen LogP contribution in [0.5, 0.6) is 5.75 Å². The first-order valence-electron chi connectivity index (χ1n) is 13.0. The minimum atomic E-state index is -1.51. The van der Waals surface area contributed by atoms with Crippen molar-refractivity contribution in [3.63, 3.8) is 0 Å². The lowest BCUT2D eigenvalue weighted by atomic mass is 9.57. The maximum Gasteiger partial charge on any atom is 0.251 e. The Morgan fingerprint density at radius 3 is 2.58 bits per heavy atom. The molecule has 7 nitrogen and oxygen atoms in total. The number of carbonyl (C=O) groups is 3. The molecule has 3 aromatic rings. The van der Waals surface area contributed by atoms with E-state index in [0.29, 0.717) is 58.4 Å². The fourth-order valence-corrected chi connectivity index (χ4v) is 7.84. The van der Waals surface area contributed by atoms with Crippen LogP contribution in [0.2, 0.25) is 5.02 Å². The lowest BCUT2D eigenvalue weighted by Gasteiger charge is -2.43. The maximum absolute atomic E-state index is 14.8. The summed E-state index contributed by atoms with van der Waals surface area (Å²) in [5.74, 6) is -1.19. The van der Waals surface area contributed by atoms with E-state index in [1.807, 2.05) is 37.3 Å². The molecular formula is C30H26ClN3O4. The number of benzene rings is 3. The molecule has 0 bridgehead atoms. The summed E-state index contributed by atoms with van der Waals surface area (Å²) in [6.45, 7) is 2.85. The van der Waals surface area contributed by atoms with Crippen LogP contribution >= 0.6 is 11.6 Å². The van der Waals surface area contributed by atoms with E-state index in [2.05, 4.69) is 15.5 Å². The Labute approximate surface area is 225 Å². The van der Waals surface area contributed by atoms with Crippen molar-refractivity contribution in [2.75, 3.05) is 23.8 Å². The van der Waals surface area contributed by atoms with Crippen LogP contribution in [0.1, 0.15) is 41.3 Å². The first-order valence-corrected chi connectivity index (χ1v) is 13.4. The van der Waals surface area contributed by atoms with E-state index < -0.39 is 16.9 Å². The number of ether oxygens (including phenoxy) is 1. The van der Waals surface area contributed by atoms with Crippen LogP contribution in [0.15, 0.2) is 66.7 Å². The third kappa shape index (κ3) is 2.65. The minimum absolute atomic E-state index is 0.196. The topological polar surface area (TPSA) is 87.7 Å². The second kappa shape index (κ2) is 8.16. The van der Waals surface area contributed by atoms with Crippen molar-refractivity contribution in [3.05, 3.63) is 88.4 Å². The van der Waals surface area contributed by atoms with Crippen molar-refractivity contribution in [1.29, 1.82) is 0 Å². The fraction of sp³-hybridized carbons (Fsp3) is 0.300. The lowest BCUT2D eigenvalue weighted by molar-refractivity contribution is -0.137. The number of ketones is 1. The summed E-state index contributed by atoms with van der Waals surface area (Å²) in [5, 5.41) is 6.57. The lowest BCUT2D eigenvalue weighted by Crippen LogP contribution is -2.62. The van der Waals surface area contributed by atoms with Crippen molar-refractivity contribution in [2.24, 2.45) is 5.92 Å². The number of halogens is 1. The molecule has 38 heavy (non-hydrogen) atoms. The molecule has 4 aliphatic heterocycles. The van der Waals surface area contributed by atoms with Gasteiger partial charge < -0.3 is 15.4 Å². The van der Waals surface area contributed by atoms with Gasteiger partial charge in [-0.3, -0.25) is 19.3 Å². The molecule has 4 atom stereocenters. The number of para-hydroxylation sites is 2. The number of hydrogen-bond donors (Lipinski definition) is 2. The molecule has 2 fully saturated rings. The van der Waals surface area contributed by atoms with E-state index in [0.717, 1.165) is 6.42 Å². The fourth-order valence-electron chi connectivity index (χ4n) is 7.67. The summed E-state index contributed by atoms with van der Waals surface area (Å²) < 4.78 is 5.85. The van der Waals surface area contributed by atoms with Gasteiger partial charge >= 0.3 is 0 Å². The second-order valence-corrected chi connectivity index (χ2v) is 10.8. The van der Waals surface area contributed by atoms with Gasteiger partial charge in [0, 0.05) is 28.0 Å². The van der Waals surface area contributed by atoms with Gasteiger partial charge in [-0.2, -0.15) is 0 Å². The molecule has 2 saturated heterocycles. The van der Waals surface area contributed by atoms with Crippen LogP contribution < -0.4 is 15.4 Å². The van der Waals surface area contributed by atoms with Gasteiger partial charge in [0.1, 0.15) is 16.7 Å². The molecule has 2 spiro atoms. The molecule has 192 valence electrons. The first-order chi connectivity index (χ1) is 18.5. The number of hydrogen-bond acceptors (Lipinski definition) is 5. The molecule has 8 heteroatoms. The number of anilines is 2. The molecule has 0 aromatic heterocycles. The average Bonchev–Trinajstić information content (AvgIpc) is 3.63. The normalized spacial score (nSPS) is 28.8. The number of nitrogens with one attached hydrogen (secondary N) is 2. The van der Waals surface area contributed by atoms with Crippen molar-refractivity contribution in [2.45, 2.75) is 36.8 Å². The van der Waals surface area contributed by atoms with Crippen LogP contribution in [0.3, 0.4) is 0 Å². The molecule has 2 N–H and O–H groups in total. The zero-order chi connectivity index (χ0) is 26.2. The third-order valence-corrected chi connectivity index (χ3v) is 9.03. The molecule has 4 aliphatic rings.